The van der Waals surface area contributed by atoms with Crippen LogP contribution in [0.3, 0.4) is 0 Å². The zero-order valence-electron chi connectivity index (χ0n) is 8.10. The van der Waals surface area contributed by atoms with Gasteiger partial charge in [0, 0.05) is 13.5 Å². The van der Waals surface area contributed by atoms with Crippen molar-refractivity contribution in [2.75, 3.05) is 0 Å². The number of carbonyl (C=O) groups is 1. The molecule has 1 atom stereocenters. The van der Waals surface area contributed by atoms with Crippen molar-refractivity contribution in [1.82, 2.24) is 15.0 Å². The molecule has 2 rings (SSSR count). The van der Waals surface area contributed by atoms with Crippen molar-refractivity contribution in [3.63, 3.8) is 0 Å². The predicted octanol–water partition coefficient (Wildman–Crippen LogP) is 0.395. The molecule has 0 saturated heterocycles. The summed E-state index contributed by atoms with van der Waals surface area (Å²) < 4.78 is 0. The number of hydrogen-bond acceptors (Lipinski definition) is 3. The largest absolute Gasteiger partial charge is 0.481 e. The molecular weight excluding hydrogens is 182 g/mol. The van der Waals surface area contributed by atoms with Crippen molar-refractivity contribution >= 4 is 5.97 Å². The van der Waals surface area contributed by atoms with E-state index in [0.717, 1.165) is 30.7 Å². The van der Waals surface area contributed by atoms with Crippen molar-refractivity contribution in [2.45, 2.75) is 25.7 Å². The highest BCUT2D eigenvalue weighted by molar-refractivity contribution is 5.67. The molecule has 5 nitrogen and oxygen atoms in total. The summed E-state index contributed by atoms with van der Waals surface area (Å²) in [6.07, 6.45) is 2.78. The molecule has 14 heavy (non-hydrogen) atoms. The summed E-state index contributed by atoms with van der Waals surface area (Å²) in [6, 6.07) is 0. The van der Waals surface area contributed by atoms with Crippen molar-refractivity contribution in [3.8, 4) is 0 Å². The maximum Gasteiger partial charge on any atom is 0.303 e. The zero-order chi connectivity index (χ0) is 10.1. The minimum absolute atomic E-state index is 0.233. The Kier molecular flexibility index (Phi) is 2.23. The van der Waals surface area contributed by atoms with Crippen LogP contribution in [0.1, 0.15) is 24.2 Å². The monoisotopic (exact) mass is 195 g/mol. The van der Waals surface area contributed by atoms with Gasteiger partial charge in [0.1, 0.15) is 0 Å². The van der Waals surface area contributed by atoms with Crippen molar-refractivity contribution in [1.29, 1.82) is 0 Å². The first-order chi connectivity index (χ1) is 6.65. The predicted molar refractivity (Wildman–Crippen MR) is 48.8 cm³/mol. The van der Waals surface area contributed by atoms with Crippen LogP contribution < -0.4 is 0 Å². The van der Waals surface area contributed by atoms with Crippen LogP contribution in [0.4, 0.5) is 0 Å². The number of hydrogen-bond donors (Lipinski definition) is 1. The highest BCUT2D eigenvalue weighted by Gasteiger charge is 2.24. The molecule has 0 amide bonds. The van der Waals surface area contributed by atoms with E-state index < -0.39 is 5.97 Å². The standard InChI is InChI=1S/C9H13N3O2/c1-12-10-7-3-2-6(5-9(13)14)4-8(7)11-12/h6H,2-5H2,1H3,(H,13,14). The molecule has 1 aromatic heterocycles. The van der Waals surface area contributed by atoms with Gasteiger partial charge < -0.3 is 5.11 Å². The Balaban J connectivity index is 2.09. The topological polar surface area (TPSA) is 68.0 Å². The molecule has 0 aromatic carbocycles. The number of aryl methyl sites for hydroxylation is 2. The molecular formula is C9H13N3O2. The Morgan fingerprint density at radius 2 is 2.29 bits per heavy atom. The number of aromatic nitrogens is 3. The summed E-state index contributed by atoms with van der Waals surface area (Å²) >= 11 is 0. The zero-order valence-corrected chi connectivity index (χ0v) is 8.10. The Morgan fingerprint density at radius 3 is 3.00 bits per heavy atom. The van der Waals surface area contributed by atoms with E-state index in [-0.39, 0.29) is 12.3 Å². The van der Waals surface area contributed by atoms with Crippen molar-refractivity contribution in [2.24, 2.45) is 13.0 Å². The molecule has 0 saturated carbocycles. The lowest BCUT2D eigenvalue weighted by Crippen LogP contribution is -2.17. The first-order valence-electron chi connectivity index (χ1n) is 4.76. The average Bonchev–Trinajstić information content (AvgIpc) is 2.42. The third-order valence-electron chi connectivity index (χ3n) is 2.60. The Labute approximate surface area is 81.7 Å². The van der Waals surface area contributed by atoms with Crippen LogP contribution >= 0.6 is 0 Å². The van der Waals surface area contributed by atoms with Crippen LogP contribution in [-0.4, -0.2) is 26.1 Å². The number of nitrogens with zero attached hydrogens (tertiary/aromatic N) is 3. The second-order valence-electron chi connectivity index (χ2n) is 3.79. The Morgan fingerprint density at radius 1 is 1.57 bits per heavy atom. The maximum absolute atomic E-state index is 10.5. The fraction of sp³-hybridized carbons (Fsp3) is 0.667. The summed E-state index contributed by atoms with van der Waals surface area (Å²) in [4.78, 5) is 12.1. The van der Waals surface area contributed by atoms with Gasteiger partial charge in [-0.1, -0.05) is 0 Å². The van der Waals surface area contributed by atoms with Gasteiger partial charge in [0.2, 0.25) is 0 Å². The van der Waals surface area contributed by atoms with Crippen LogP contribution in [0.2, 0.25) is 0 Å². The molecule has 1 heterocycles. The van der Waals surface area contributed by atoms with E-state index in [4.69, 9.17) is 5.11 Å². The van der Waals surface area contributed by atoms with E-state index >= 15 is 0 Å². The highest BCUT2D eigenvalue weighted by Crippen LogP contribution is 2.24. The average molecular weight is 195 g/mol. The van der Waals surface area contributed by atoms with Crippen LogP contribution in [-0.2, 0) is 24.7 Å². The van der Waals surface area contributed by atoms with Gasteiger partial charge in [0.25, 0.3) is 0 Å². The van der Waals surface area contributed by atoms with E-state index in [1.807, 2.05) is 0 Å². The molecule has 0 fully saturated rings. The molecule has 5 heteroatoms. The van der Waals surface area contributed by atoms with E-state index in [1.54, 1.807) is 11.8 Å². The Bertz CT molecular complexity index is 359. The highest BCUT2D eigenvalue weighted by atomic mass is 16.4. The molecule has 76 valence electrons. The molecule has 1 aliphatic rings. The molecule has 0 radical (unpaired) electrons. The summed E-state index contributed by atoms with van der Waals surface area (Å²) in [5, 5.41) is 17.1. The van der Waals surface area contributed by atoms with Gasteiger partial charge >= 0.3 is 5.97 Å². The third-order valence-corrected chi connectivity index (χ3v) is 2.60. The number of aliphatic carboxylic acids is 1. The fourth-order valence-corrected chi connectivity index (χ4v) is 1.98. The van der Waals surface area contributed by atoms with E-state index in [2.05, 4.69) is 10.2 Å². The number of rotatable bonds is 2. The molecule has 0 bridgehead atoms. The third kappa shape index (κ3) is 1.76. The van der Waals surface area contributed by atoms with Crippen LogP contribution in [0, 0.1) is 5.92 Å². The molecule has 0 aliphatic heterocycles. The quantitative estimate of drug-likeness (QED) is 0.741. The molecule has 1 N–H and O–H groups in total. The normalized spacial score (nSPS) is 20.5. The second-order valence-corrected chi connectivity index (χ2v) is 3.79. The lowest BCUT2D eigenvalue weighted by Gasteiger charge is -2.17. The number of carboxylic acid groups (broad SMARTS) is 1. The van der Waals surface area contributed by atoms with Crippen LogP contribution in [0.25, 0.3) is 0 Å². The SMILES string of the molecule is Cn1nc2c(n1)CC(CC(=O)O)CC2. The van der Waals surface area contributed by atoms with Crippen molar-refractivity contribution in [3.05, 3.63) is 11.4 Å². The van der Waals surface area contributed by atoms with Crippen LogP contribution in [0.5, 0.6) is 0 Å². The first-order valence-corrected chi connectivity index (χ1v) is 4.76. The van der Waals surface area contributed by atoms with Gasteiger partial charge in [0.15, 0.2) is 0 Å². The number of fused-ring (bicyclic) bond motifs is 1. The molecule has 0 spiro atoms. The first kappa shape index (κ1) is 9.18. The van der Waals surface area contributed by atoms with Gasteiger partial charge in [-0.05, 0) is 25.2 Å². The van der Waals surface area contributed by atoms with E-state index in [0.29, 0.717) is 0 Å². The summed E-state index contributed by atoms with van der Waals surface area (Å²) in [6.45, 7) is 0. The minimum atomic E-state index is -0.720. The van der Waals surface area contributed by atoms with E-state index in [1.165, 1.54) is 0 Å². The minimum Gasteiger partial charge on any atom is -0.481 e. The smallest absolute Gasteiger partial charge is 0.303 e. The molecule has 1 unspecified atom stereocenters. The van der Waals surface area contributed by atoms with Gasteiger partial charge in [-0.3, -0.25) is 4.79 Å². The fourth-order valence-electron chi connectivity index (χ4n) is 1.98. The maximum atomic E-state index is 10.5. The lowest BCUT2D eigenvalue weighted by atomic mass is 9.87. The van der Waals surface area contributed by atoms with Gasteiger partial charge in [-0.2, -0.15) is 15.0 Å². The molecule has 1 aromatic rings. The number of carboxylic acids is 1. The summed E-state index contributed by atoms with van der Waals surface area (Å²) in [5.41, 5.74) is 2.01. The van der Waals surface area contributed by atoms with Gasteiger partial charge in [0.05, 0.1) is 11.4 Å². The van der Waals surface area contributed by atoms with Crippen molar-refractivity contribution < 1.29 is 9.90 Å². The summed E-state index contributed by atoms with van der Waals surface area (Å²) in [7, 11) is 1.80. The van der Waals surface area contributed by atoms with Crippen LogP contribution in [0.15, 0.2) is 0 Å². The summed E-state index contributed by atoms with van der Waals surface area (Å²) in [5.74, 6) is -0.487. The van der Waals surface area contributed by atoms with E-state index in [9.17, 15) is 4.79 Å². The molecule has 1 aliphatic carbocycles. The van der Waals surface area contributed by atoms with Gasteiger partial charge in [-0.15, -0.1) is 0 Å². The second kappa shape index (κ2) is 3.40. The lowest BCUT2D eigenvalue weighted by molar-refractivity contribution is -0.138. The Hall–Kier alpha value is -1.39. The van der Waals surface area contributed by atoms with Gasteiger partial charge in [-0.25, -0.2) is 0 Å².